The number of amides is 1. The highest BCUT2D eigenvalue weighted by Gasteiger charge is 2.19. The fraction of sp³-hybridized carbons (Fsp3) is 0.273. The van der Waals surface area contributed by atoms with Gasteiger partial charge < -0.3 is 4.90 Å². The molecule has 0 atom stereocenters. The highest BCUT2D eigenvalue weighted by atomic mass is 32.2. The second-order valence-corrected chi connectivity index (χ2v) is 4.38. The third-order valence-corrected chi connectivity index (χ3v) is 3.21. The fourth-order valence-electron chi connectivity index (χ4n) is 1.40. The lowest BCUT2D eigenvalue weighted by molar-refractivity contribution is 0.0803. The summed E-state index contributed by atoms with van der Waals surface area (Å²) >= 11 is 1.80. The molecule has 1 radical (unpaired) electrons. The molecule has 0 aromatic heterocycles. The van der Waals surface area contributed by atoms with Crippen molar-refractivity contribution >= 4 is 17.7 Å². The molecule has 14 heavy (non-hydrogen) atoms. The molecular formula is C11H12NOS. The van der Waals surface area contributed by atoms with Gasteiger partial charge in [-0.1, -0.05) is 12.1 Å². The second-order valence-electron chi connectivity index (χ2n) is 3.30. The smallest absolute Gasteiger partial charge is 0.254 e. The molecule has 73 valence electrons. The molecule has 0 unspecified atom stereocenters. The third kappa shape index (κ3) is 1.93. The van der Waals surface area contributed by atoms with E-state index in [2.05, 4.69) is 6.92 Å². The van der Waals surface area contributed by atoms with Crippen molar-refractivity contribution in [1.29, 1.82) is 0 Å². The molecule has 0 N–H and O–H groups in total. The molecule has 2 nitrogen and oxygen atoms in total. The summed E-state index contributed by atoms with van der Waals surface area (Å²) in [7, 11) is 0. The first-order valence-corrected chi connectivity index (χ1v) is 5.72. The minimum absolute atomic E-state index is 0.134. The standard InChI is InChI=1S/C11H12NOS/c1-9-2-4-10(5-3-9)11(13)12-6-7-14-8-12/h2-5H,1,6-8H2. The Labute approximate surface area is 88.3 Å². The molecule has 3 heteroatoms. The van der Waals surface area contributed by atoms with E-state index in [1.807, 2.05) is 29.2 Å². The molecule has 1 heterocycles. The van der Waals surface area contributed by atoms with E-state index in [-0.39, 0.29) is 5.91 Å². The van der Waals surface area contributed by atoms with E-state index in [4.69, 9.17) is 0 Å². The highest BCUT2D eigenvalue weighted by Crippen LogP contribution is 2.16. The van der Waals surface area contributed by atoms with E-state index < -0.39 is 0 Å². The van der Waals surface area contributed by atoms with Crippen molar-refractivity contribution in [3.8, 4) is 0 Å². The van der Waals surface area contributed by atoms with Gasteiger partial charge in [-0.3, -0.25) is 4.79 Å². The topological polar surface area (TPSA) is 20.3 Å². The average molecular weight is 206 g/mol. The van der Waals surface area contributed by atoms with E-state index in [1.165, 1.54) is 0 Å². The first kappa shape index (κ1) is 9.59. The molecule has 1 aliphatic heterocycles. The maximum atomic E-state index is 11.9. The molecule has 0 bridgehead atoms. The van der Waals surface area contributed by atoms with Crippen molar-refractivity contribution in [3.63, 3.8) is 0 Å². The summed E-state index contributed by atoms with van der Waals surface area (Å²) < 4.78 is 0. The van der Waals surface area contributed by atoms with Crippen LogP contribution in [0.5, 0.6) is 0 Å². The van der Waals surface area contributed by atoms with Gasteiger partial charge in [0.15, 0.2) is 0 Å². The predicted octanol–water partition coefficient (Wildman–Crippen LogP) is 2.02. The van der Waals surface area contributed by atoms with Gasteiger partial charge in [0.1, 0.15) is 0 Å². The van der Waals surface area contributed by atoms with Crippen molar-refractivity contribution in [3.05, 3.63) is 42.3 Å². The normalized spacial score (nSPS) is 15.9. The summed E-state index contributed by atoms with van der Waals surface area (Å²) in [5, 5.41) is 0. The van der Waals surface area contributed by atoms with Gasteiger partial charge in [0.25, 0.3) is 5.91 Å². The Morgan fingerprint density at radius 1 is 1.36 bits per heavy atom. The Hall–Kier alpha value is -0.960. The Bertz CT molecular complexity index is 328. The number of carbonyl (C=O) groups is 1. The van der Waals surface area contributed by atoms with Crippen LogP contribution in [0.15, 0.2) is 24.3 Å². The van der Waals surface area contributed by atoms with Crippen LogP contribution < -0.4 is 0 Å². The quantitative estimate of drug-likeness (QED) is 0.700. The zero-order chi connectivity index (χ0) is 9.97. The summed E-state index contributed by atoms with van der Waals surface area (Å²) in [6, 6.07) is 7.42. The molecule has 2 rings (SSSR count). The van der Waals surface area contributed by atoms with Crippen LogP contribution in [0.1, 0.15) is 15.9 Å². The maximum Gasteiger partial charge on any atom is 0.254 e. The van der Waals surface area contributed by atoms with E-state index in [1.54, 1.807) is 11.8 Å². The van der Waals surface area contributed by atoms with Crippen molar-refractivity contribution < 1.29 is 4.79 Å². The Morgan fingerprint density at radius 3 is 2.64 bits per heavy atom. The van der Waals surface area contributed by atoms with Crippen LogP contribution in [0, 0.1) is 6.92 Å². The van der Waals surface area contributed by atoms with E-state index in [0.29, 0.717) is 0 Å². The molecule has 0 spiro atoms. The van der Waals surface area contributed by atoms with Crippen molar-refractivity contribution in [2.45, 2.75) is 0 Å². The van der Waals surface area contributed by atoms with Gasteiger partial charge in [-0.15, -0.1) is 11.8 Å². The summed E-state index contributed by atoms with van der Waals surface area (Å²) in [5.74, 6) is 2.01. The molecule has 1 aromatic rings. The molecule has 1 aliphatic rings. The van der Waals surface area contributed by atoms with Crippen molar-refractivity contribution in [2.75, 3.05) is 18.2 Å². The van der Waals surface area contributed by atoms with Gasteiger partial charge in [0.05, 0.1) is 5.88 Å². The van der Waals surface area contributed by atoms with Crippen LogP contribution in [0.4, 0.5) is 0 Å². The third-order valence-electron chi connectivity index (χ3n) is 2.24. The Morgan fingerprint density at radius 2 is 2.07 bits per heavy atom. The van der Waals surface area contributed by atoms with Crippen LogP contribution in [0.3, 0.4) is 0 Å². The zero-order valence-corrected chi connectivity index (χ0v) is 8.72. The van der Waals surface area contributed by atoms with Gasteiger partial charge in [-0.05, 0) is 24.6 Å². The van der Waals surface area contributed by atoms with Gasteiger partial charge in [-0.25, -0.2) is 0 Å². The minimum atomic E-state index is 0.134. The Kier molecular flexibility index (Phi) is 2.77. The number of benzene rings is 1. The number of hydrogen-bond donors (Lipinski definition) is 0. The van der Waals surface area contributed by atoms with Gasteiger partial charge in [0, 0.05) is 17.9 Å². The first-order valence-electron chi connectivity index (χ1n) is 4.56. The lowest BCUT2D eigenvalue weighted by Crippen LogP contribution is -2.27. The number of rotatable bonds is 1. The van der Waals surface area contributed by atoms with E-state index >= 15 is 0 Å². The van der Waals surface area contributed by atoms with Crippen LogP contribution >= 0.6 is 11.8 Å². The summed E-state index contributed by atoms with van der Waals surface area (Å²) in [6.07, 6.45) is 0. The lowest BCUT2D eigenvalue weighted by Gasteiger charge is -2.14. The SMILES string of the molecule is [CH2]c1ccc(C(=O)N2CCSC2)cc1. The largest absolute Gasteiger partial charge is 0.329 e. The molecule has 1 amide bonds. The summed E-state index contributed by atoms with van der Waals surface area (Å²) in [5.41, 5.74) is 1.71. The van der Waals surface area contributed by atoms with Gasteiger partial charge in [0.2, 0.25) is 0 Å². The predicted molar refractivity (Wildman–Crippen MR) is 59.3 cm³/mol. The van der Waals surface area contributed by atoms with Crippen LogP contribution in [-0.2, 0) is 0 Å². The minimum Gasteiger partial charge on any atom is -0.329 e. The Balaban J connectivity index is 2.14. The number of nitrogens with zero attached hydrogens (tertiary/aromatic N) is 1. The average Bonchev–Trinajstić information content (AvgIpc) is 2.71. The molecule has 0 aliphatic carbocycles. The van der Waals surface area contributed by atoms with Gasteiger partial charge >= 0.3 is 0 Å². The second kappa shape index (κ2) is 4.05. The lowest BCUT2D eigenvalue weighted by atomic mass is 10.1. The molecule has 0 saturated carbocycles. The van der Waals surface area contributed by atoms with E-state index in [9.17, 15) is 4.79 Å². The number of thioether (sulfide) groups is 1. The van der Waals surface area contributed by atoms with Crippen LogP contribution in [-0.4, -0.2) is 29.0 Å². The fourth-order valence-corrected chi connectivity index (χ4v) is 2.35. The summed E-state index contributed by atoms with van der Waals surface area (Å²) in [6.45, 7) is 4.66. The molecule has 1 aromatic carbocycles. The maximum absolute atomic E-state index is 11.9. The van der Waals surface area contributed by atoms with Gasteiger partial charge in [-0.2, -0.15) is 0 Å². The van der Waals surface area contributed by atoms with Crippen LogP contribution in [0.25, 0.3) is 0 Å². The van der Waals surface area contributed by atoms with Crippen LogP contribution in [0.2, 0.25) is 0 Å². The molecule has 1 fully saturated rings. The molecular weight excluding hydrogens is 194 g/mol. The van der Waals surface area contributed by atoms with Crippen molar-refractivity contribution in [1.82, 2.24) is 4.90 Å². The monoisotopic (exact) mass is 206 g/mol. The summed E-state index contributed by atoms with van der Waals surface area (Å²) in [4.78, 5) is 13.7. The zero-order valence-electron chi connectivity index (χ0n) is 7.90. The molecule has 1 saturated heterocycles. The van der Waals surface area contributed by atoms with E-state index in [0.717, 1.165) is 29.3 Å². The van der Waals surface area contributed by atoms with Crippen molar-refractivity contribution in [2.24, 2.45) is 0 Å². The first-order chi connectivity index (χ1) is 6.77. The highest BCUT2D eigenvalue weighted by molar-refractivity contribution is 7.99. The number of carbonyl (C=O) groups excluding carboxylic acids is 1. The number of hydrogen-bond acceptors (Lipinski definition) is 2.